The number of benzene rings is 1. The van der Waals surface area contributed by atoms with Crippen molar-refractivity contribution in [2.75, 3.05) is 19.0 Å². The summed E-state index contributed by atoms with van der Waals surface area (Å²) >= 11 is 6.08. The molecule has 0 atom stereocenters. The summed E-state index contributed by atoms with van der Waals surface area (Å²) in [6, 6.07) is 5.31. The number of hydrogen-bond acceptors (Lipinski definition) is 5. The van der Waals surface area contributed by atoms with Crippen LogP contribution in [0.4, 0.5) is 11.5 Å². The third kappa shape index (κ3) is 5.09. The minimum absolute atomic E-state index is 0.211. The molecule has 1 aromatic heterocycles. The Morgan fingerprint density at radius 1 is 1.25 bits per heavy atom. The lowest BCUT2D eigenvalue weighted by molar-refractivity contribution is 0.0947. The highest BCUT2D eigenvalue weighted by molar-refractivity contribution is 6.32. The molecule has 0 aliphatic heterocycles. The van der Waals surface area contributed by atoms with Gasteiger partial charge in [-0.2, -0.15) is 0 Å². The van der Waals surface area contributed by atoms with E-state index in [0.29, 0.717) is 28.8 Å². The molecule has 2 rings (SSSR count). The summed E-state index contributed by atoms with van der Waals surface area (Å²) < 4.78 is 5.11. The fourth-order valence-electron chi connectivity index (χ4n) is 2.07. The highest BCUT2D eigenvalue weighted by Gasteiger charge is 2.08. The molecule has 7 heteroatoms. The second kappa shape index (κ2) is 9.08. The number of unbranched alkanes of at least 4 members (excludes halogenated alkanes) is 2. The zero-order chi connectivity index (χ0) is 17.4. The summed E-state index contributed by atoms with van der Waals surface area (Å²) in [6.45, 7) is 2.77. The number of hydrogen-bond donors (Lipinski definition) is 2. The van der Waals surface area contributed by atoms with Crippen molar-refractivity contribution in [1.82, 2.24) is 15.3 Å². The van der Waals surface area contributed by atoms with Crippen LogP contribution in [-0.4, -0.2) is 29.5 Å². The Balaban J connectivity index is 1.94. The Labute approximate surface area is 146 Å². The second-order valence-electron chi connectivity index (χ2n) is 5.22. The van der Waals surface area contributed by atoms with Gasteiger partial charge >= 0.3 is 0 Å². The van der Waals surface area contributed by atoms with Crippen LogP contribution in [0.15, 0.2) is 30.6 Å². The predicted octanol–water partition coefficient (Wildman–Crippen LogP) is 3.80. The van der Waals surface area contributed by atoms with Crippen LogP contribution in [0, 0.1) is 0 Å². The molecule has 0 bridgehead atoms. The van der Waals surface area contributed by atoms with Crippen LogP contribution in [0.2, 0.25) is 5.02 Å². The van der Waals surface area contributed by atoms with Gasteiger partial charge in [0, 0.05) is 12.2 Å². The van der Waals surface area contributed by atoms with Crippen molar-refractivity contribution in [3.05, 3.63) is 41.3 Å². The molecule has 2 aromatic rings. The van der Waals surface area contributed by atoms with Crippen molar-refractivity contribution < 1.29 is 9.53 Å². The first-order valence-electron chi connectivity index (χ1n) is 7.85. The van der Waals surface area contributed by atoms with Crippen LogP contribution in [0.25, 0.3) is 0 Å². The third-order valence-electron chi connectivity index (χ3n) is 3.37. The number of aromatic nitrogens is 2. The first kappa shape index (κ1) is 18.0. The van der Waals surface area contributed by atoms with Gasteiger partial charge < -0.3 is 15.4 Å². The number of nitrogens with zero attached hydrogens (tertiary/aromatic N) is 2. The summed E-state index contributed by atoms with van der Waals surface area (Å²) in [7, 11) is 1.56. The van der Waals surface area contributed by atoms with Crippen molar-refractivity contribution in [3.8, 4) is 5.75 Å². The molecule has 0 aliphatic rings. The maximum absolute atomic E-state index is 11.9. The van der Waals surface area contributed by atoms with Crippen molar-refractivity contribution in [2.24, 2.45) is 0 Å². The number of ether oxygens (including phenoxy) is 1. The van der Waals surface area contributed by atoms with E-state index in [-0.39, 0.29) is 5.91 Å². The van der Waals surface area contributed by atoms with Gasteiger partial charge in [0.15, 0.2) is 0 Å². The Bertz CT molecular complexity index is 677. The van der Waals surface area contributed by atoms with E-state index in [4.69, 9.17) is 16.3 Å². The lowest BCUT2D eigenvalue weighted by Crippen LogP contribution is -2.25. The number of carbonyl (C=O) groups excluding carboxylic acids is 1. The molecule has 2 N–H and O–H groups in total. The van der Waals surface area contributed by atoms with Crippen molar-refractivity contribution >= 4 is 29.0 Å². The number of anilines is 2. The standard InChI is InChI=1S/C17H21ClN4O2/c1-3-4-5-8-19-17(23)14-10-21-16(11-20-14)22-12-6-7-15(24-2)13(18)9-12/h6-7,9-11H,3-5,8H2,1-2H3,(H,19,23)(H,21,22). The molecule has 1 heterocycles. The number of amides is 1. The van der Waals surface area contributed by atoms with Crippen LogP contribution in [0.5, 0.6) is 5.75 Å². The van der Waals surface area contributed by atoms with E-state index in [2.05, 4.69) is 27.5 Å². The van der Waals surface area contributed by atoms with Gasteiger partial charge in [0.1, 0.15) is 17.3 Å². The topological polar surface area (TPSA) is 76.1 Å². The fourth-order valence-corrected chi connectivity index (χ4v) is 2.33. The monoisotopic (exact) mass is 348 g/mol. The number of methoxy groups -OCH3 is 1. The minimum atomic E-state index is -0.211. The third-order valence-corrected chi connectivity index (χ3v) is 3.67. The molecular weight excluding hydrogens is 328 g/mol. The fraction of sp³-hybridized carbons (Fsp3) is 0.353. The maximum atomic E-state index is 11.9. The van der Waals surface area contributed by atoms with Crippen molar-refractivity contribution in [1.29, 1.82) is 0 Å². The SMILES string of the molecule is CCCCCNC(=O)c1cnc(Nc2ccc(OC)c(Cl)c2)cn1. The maximum Gasteiger partial charge on any atom is 0.271 e. The van der Waals surface area contributed by atoms with Gasteiger partial charge in [0.05, 0.1) is 24.5 Å². The van der Waals surface area contributed by atoms with E-state index in [0.717, 1.165) is 24.9 Å². The normalized spacial score (nSPS) is 10.3. The average molecular weight is 349 g/mol. The summed E-state index contributed by atoms with van der Waals surface area (Å²) in [5.41, 5.74) is 1.05. The van der Waals surface area contributed by atoms with E-state index in [1.54, 1.807) is 19.2 Å². The Morgan fingerprint density at radius 2 is 2.08 bits per heavy atom. The number of halogens is 1. The smallest absolute Gasteiger partial charge is 0.271 e. The van der Waals surface area contributed by atoms with Crippen molar-refractivity contribution in [3.63, 3.8) is 0 Å². The summed E-state index contributed by atoms with van der Waals surface area (Å²) in [5, 5.41) is 6.41. The highest BCUT2D eigenvalue weighted by Crippen LogP contribution is 2.28. The van der Waals surface area contributed by atoms with E-state index in [1.807, 2.05) is 6.07 Å². The van der Waals surface area contributed by atoms with Crippen LogP contribution in [-0.2, 0) is 0 Å². The average Bonchev–Trinajstić information content (AvgIpc) is 2.59. The number of carbonyl (C=O) groups is 1. The molecule has 1 amide bonds. The molecule has 24 heavy (non-hydrogen) atoms. The quantitative estimate of drug-likeness (QED) is 0.709. The predicted molar refractivity (Wildman–Crippen MR) is 95.2 cm³/mol. The van der Waals surface area contributed by atoms with Gasteiger partial charge in [0.25, 0.3) is 5.91 Å². The molecule has 0 aliphatic carbocycles. The van der Waals surface area contributed by atoms with E-state index in [1.165, 1.54) is 12.4 Å². The minimum Gasteiger partial charge on any atom is -0.495 e. The highest BCUT2D eigenvalue weighted by atomic mass is 35.5. The summed E-state index contributed by atoms with van der Waals surface area (Å²) in [5.74, 6) is 0.916. The van der Waals surface area contributed by atoms with Gasteiger partial charge in [-0.3, -0.25) is 4.79 Å². The molecular formula is C17H21ClN4O2. The van der Waals surface area contributed by atoms with Gasteiger partial charge in [-0.1, -0.05) is 31.4 Å². The Morgan fingerprint density at radius 3 is 2.71 bits per heavy atom. The summed E-state index contributed by atoms with van der Waals surface area (Å²) in [6.07, 6.45) is 6.14. The number of nitrogens with one attached hydrogen (secondary N) is 2. The first-order valence-corrected chi connectivity index (χ1v) is 8.22. The number of rotatable bonds is 8. The van der Waals surface area contributed by atoms with E-state index >= 15 is 0 Å². The Hall–Kier alpha value is -2.34. The van der Waals surface area contributed by atoms with Gasteiger partial charge in [-0.25, -0.2) is 9.97 Å². The molecule has 0 saturated heterocycles. The second-order valence-corrected chi connectivity index (χ2v) is 5.63. The van der Waals surface area contributed by atoms with Crippen LogP contribution >= 0.6 is 11.6 Å². The Kier molecular flexibility index (Phi) is 6.81. The molecule has 0 fully saturated rings. The van der Waals surface area contributed by atoms with Gasteiger partial charge in [-0.05, 0) is 24.6 Å². The van der Waals surface area contributed by atoms with Crippen LogP contribution in [0.3, 0.4) is 0 Å². The van der Waals surface area contributed by atoms with Gasteiger partial charge in [-0.15, -0.1) is 0 Å². The van der Waals surface area contributed by atoms with Crippen LogP contribution < -0.4 is 15.4 Å². The lowest BCUT2D eigenvalue weighted by atomic mass is 10.2. The molecule has 0 unspecified atom stereocenters. The largest absolute Gasteiger partial charge is 0.495 e. The summed E-state index contributed by atoms with van der Waals surface area (Å²) in [4.78, 5) is 20.3. The van der Waals surface area contributed by atoms with E-state index < -0.39 is 0 Å². The zero-order valence-electron chi connectivity index (χ0n) is 13.8. The molecule has 0 saturated carbocycles. The molecule has 0 spiro atoms. The molecule has 6 nitrogen and oxygen atoms in total. The molecule has 1 aromatic carbocycles. The van der Waals surface area contributed by atoms with E-state index in [9.17, 15) is 4.79 Å². The van der Waals surface area contributed by atoms with Crippen LogP contribution in [0.1, 0.15) is 36.7 Å². The lowest BCUT2D eigenvalue weighted by Gasteiger charge is -2.09. The zero-order valence-corrected chi connectivity index (χ0v) is 14.6. The molecule has 128 valence electrons. The van der Waals surface area contributed by atoms with Gasteiger partial charge in [0.2, 0.25) is 0 Å². The first-order chi connectivity index (χ1) is 11.6. The molecule has 0 radical (unpaired) electrons. The van der Waals surface area contributed by atoms with Crippen molar-refractivity contribution in [2.45, 2.75) is 26.2 Å².